The molecule has 4 rings (SSSR count). The third-order valence-corrected chi connectivity index (χ3v) is 4.97. The number of halogens is 2. The minimum atomic E-state index is -0.468. The van der Waals surface area contributed by atoms with Crippen molar-refractivity contribution in [2.45, 2.75) is 5.92 Å². The Kier molecular flexibility index (Phi) is 5.30. The second-order valence-electron chi connectivity index (χ2n) is 6.48. The summed E-state index contributed by atoms with van der Waals surface area (Å²) in [5, 5.41) is 8.19. The van der Waals surface area contributed by atoms with Crippen LogP contribution >= 0.6 is 11.6 Å². The van der Waals surface area contributed by atoms with E-state index in [4.69, 9.17) is 19.4 Å². The largest absolute Gasteiger partial charge is 0.369 e. The van der Waals surface area contributed by atoms with Crippen LogP contribution in [-0.4, -0.2) is 35.7 Å². The first-order chi connectivity index (χ1) is 13.7. The van der Waals surface area contributed by atoms with E-state index in [2.05, 4.69) is 15.4 Å². The van der Waals surface area contributed by atoms with Crippen molar-refractivity contribution >= 4 is 36.4 Å². The van der Waals surface area contributed by atoms with Crippen LogP contribution in [0, 0.1) is 0 Å². The Hall–Kier alpha value is -2.86. The lowest BCUT2D eigenvalue weighted by atomic mass is 10.00. The highest BCUT2D eigenvalue weighted by Crippen LogP contribution is 2.28. The Morgan fingerprint density at radius 2 is 1.86 bits per heavy atom. The van der Waals surface area contributed by atoms with E-state index in [1.807, 2.05) is 60.7 Å². The lowest BCUT2D eigenvalue weighted by Gasteiger charge is -2.17. The minimum absolute atomic E-state index is 0.277. The maximum Gasteiger partial charge on any atom is 0.150 e. The van der Waals surface area contributed by atoms with Crippen molar-refractivity contribution in [1.82, 2.24) is 14.6 Å². The summed E-state index contributed by atoms with van der Waals surface area (Å²) >= 11 is 6.34. The second kappa shape index (κ2) is 8.03. The summed E-state index contributed by atoms with van der Waals surface area (Å²) in [5.74, 6) is 0.395. The van der Waals surface area contributed by atoms with Gasteiger partial charge in [-0.15, -0.1) is 0 Å². The fraction of sp³-hybridized carbons (Fsp3) is 0.143. The molecule has 2 aromatic carbocycles. The molecule has 0 aliphatic rings. The fourth-order valence-corrected chi connectivity index (χ4v) is 3.36. The first-order valence-electron chi connectivity index (χ1n) is 8.91. The number of rotatable bonds is 6. The van der Waals surface area contributed by atoms with E-state index >= 15 is 0 Å². The van der Waals surface area contributed by atoms with Gasteiger partial charge < -0.3 is 5.32 Å². The van der Waals surface area contributed by atoms with E-state index in [9.17, 15) is 4.39 Å². The Morgan fingerprint density at radius 3 is 2.61 bits per heavy atom. The molecule has 4 nitrogen and oxygen atoms in total. The first kappa shape index (κ1) is 18.5. The topological polar surface area (TPSA) is 42.2 Å². The number of fused-ring (bicyclic) bond motifs is 1. The number of aromatic nitrogens is 3. The summed E-state index contributed by atoms with van der Waals surface area (Å²) in [6.45, 7) is -0.0643. The molecule has 28 heavy (non-hydrogen) atoms. The maximum absolute atomic E-state index is 13.6. The number of hydrogen-bond donors (Lipinski definition) is 1. The van der Waals surface area contributed by atoms with Gasteiger partial charge in [-0.05, 0) is 17.1 Å². The van der Waals surface area contributed by atoms with Crippen molar-refractivity contribution in [2.24, 2.45) is 0 Å². The highest BCUT2D eigenvalue weighted by Gasteiger charge is 2.15. The second-order valence-corrected chi connectivity index (χ2v) is 6.89. The Bertz CT molecular complexity index is 1100. The molecule has 0 saturated heterocycles. The molecule has 2 heterocycles. The molecule has 1 unspecified atom stereocenters. The van der Waals surface area contributed by atoms with Gasteiger partial charge >= 0.3 is 0 Å². The molecule has 2 radical (unpaired) electrons. The molecular weight excluding hydrogens is 374 g/mol. The van der Waals surface area contributed by atoms with Crippen molar-refractivity contribution in [2.75, 3.05) is 18.5 Å². The highest BCUT2D eigenvalue weighted by atomic mass is 35.5. The molecule has 138 valence electrons. The van der Waals surface area contributed by atoms with E-state index in [1.54, 1.807) is 10.7 Å². The summed E-state index contributed by atoms with van der Waals surface area (Å²) in [5.41, 5.74) is 3.39. The van der Waals surface area contributed by atoms with Crippen LogP contribution in [0.5, 0.6) is 0 Å². The molecule has 0 fully saturated rings. The van der Waals surface area contributed by atoms with E-state index in [1.165, 1.54) is 0 Å². The molecular formula is C21H17BClFN4. The first-order valence-corrected chi connectivity index (χ1v) is 9.29. The van der Waals surface area contributed by atoms with Crippen molar-refractivity contribution in [3.8, 4) is 11.3 Å². The van der Waals surface area contributed by atoms with Gasteiger partial charge in [-0.1, -0.05) is 60.1 Å². The van der Waals surface area contributed by atoms with Crippen LogP contribution in [0.25, 0.3) is 16.9 Å². The van der Waals surface area contributed by atoms with Crippen LogP contribution in [0.2, 0.25) is 5.02 Å². The predicted octanol–water partition coefficient (Wildman–Crippen LogP) is 4.01. The molecule has 7 heteroatoms. The van der Waals surface area contributed by atoms with Crippen LogP contribution in [0.15, 0.2) is 66.9 Å². The Balaban J connectivity index is 1.71. The average Bonchev–Trinajstić information content (AvgIpc) is 3.10. The SMILES string of the molecule is [B]c1cnn2c(NCC(CF)c3ccccc3)cc(-c3ccccc3Cl)nc12. The third-order valence-electron chi connectivity index (χ3n) is 4.64. The minimum Gasteiger partial charge on any atom is -0.369 e. The van der Waals surface area contributed by atoms with Crippen LogP contribution in [0.3, 0.4) is 0 Å². The van der Waals surface area contributed by atoms with Gasteiger partial charge in [-0.25, -0.2) is 4.98 Å². The summed E-state index contributed by atoms with van der Waals surface area (Å²) in [7, 11) is 6.04. The van der Waals surface area contributed by atoms with Crippen molar-refractivity contribution in [3.63, 3.8) is 0 Å². The Labute approximate surface area is 168 Å². The standard InChI is InChI=1S/C21H17BClFN4/c22-17-13-26-28-20(25-12-15(11-24)14-6-2-1-3-7-14)10-19(27-21(17)28)16-8-4-5-9-18(16)23/h1-10,13,15,25H,11-12H2. The zero-order valence-corrected chi connectivity index (χ0v) is 15.8. The van der Waals surface area contributed by atoms with Gasteiger partial charge in [0, 0.05) is 35.3 Å². The van der Waals surface area contributed by atoms with Gasteiger partial charge in [0.2, 0.25) is 0 Å². The normalized spacial score (nSPS) is 12.2. The van der Waals surface area contributed by atoms with Gasteiger partial charge in [0.15, 0.2) is 5.65 Å². The summed E-state index contributed by atoms with van der Waals surface area (Å²) in [4.78, 5) is 4.61. The molecule has 0 aliphatic carbocycles. The highest BCUT2D eigenvalue weighted by molar-refractivity contribution is 6.36. The number of hydrogen-bond acceptors (Lipinski definition) is 3. The maximum atomic E-state index is 13.6. The zero-order valence-electron chi connectivity index (χ0n) is 15.0. The van der Waals surface area contributed by atoms with Gasteiger partial charge in [-0.2, -0.15) is 9.61 Å². The summed E-state index contributed by atoms with van der Waals surface area (Å²) in [6, 6.07) is 18.9. The van der Waals surface area contributed by atoms with Gasteiger partial charge in [-0.3, -0.25) is 4.39 Å². The van der Waals surface area contributed by atoms with Crippen molar-refractivity contribution in [3.05, 3.63) is 77.4 Å². The molecule has 0 bridgehead atoms. The fourth-order valence-electron chi connectivity index (χ4n) is 3.13. The quantitative estimate of drug-likeness (QED) is 0.506. The van der Waals surface area contributed by atoms with Crippen molar-refractivity contribution in [1.29, 1.82) is 0 Å². The van der Waals surface area contributed by atoms with Crippen LogP contribution in [-0.2, 0) is 0 Å². The molecule has 0 aliphatic heterocycles. The molecule has 1 atom stereocenters. The molecule has 0 amide bonds. The molecule has 0 saturated carbocycles. The number of anilines is 1. The van der Waals surface area contributed by atoms with Crippen molar-refractivity contribution < 1.29 is 4.39 Å². The molecule has 0 spiro atoms. The summed E-state index contributed by atoms with van der Waals surface area (Å²) in [6.07, 6.45) is 1.55. The van der Waals surface area contributed by atoms with E-state index < -0.39 is 6.67 Å². The zero-order chi connectivity index (χ0) is 19.5. The average molecular weight is 391 g/mol. The lowest BCUT2D eigenvalue weighted by molar-refractivity contribution is 0.439. The molecule has 1 N–H and O–H groups in total. The van der Waals surface area contributed by atoms with Crippen LogP contribution in [0.4, 0.5) is 10.2 Å². The Morgan fingerprint density at radius 1 is 1.11 bits per heavy atom. The molecule has 4 aromatic rings. The summed E-state index contributed by atoms with van der Waals surface area (Å²) < 4.78 is 15.3. The number of alkyl halides is 1. The van der Waals surface area contributed by atoms with E-state index in [0.717, 1.165) is 11.1 Å². The third kappa shape index (κ3) is 3.60. The van der Waals surface area contributed by atoms with Crippen LogP contribution in [0.1, 0.15) is 11.5 Å². The monoisotopic (exact) mass is 390 g/mol. The number of nitrogens with one attached hydrogen (secondary N) is 1. The number of nitrogens with zero attached hydrogens (tertiary/aromatic N) is 3. The van der Waals surface area contributed by atoms with E-state index in [-0.39, 0.29) is 5.92 Å². The van der Waals surface area contributed by atoms with E-state index in [0.29, 0.717) is 34.2 Å². The smallest absolute Gasteiger partial charge is 0.150 e. The molecule has 2 aromatic heterocycles. The number of benzene rings is 2. The van der Waals surface area contributed by atoms with Gasteiger partial charge in [0.05, 0.1) is 12.4 Å². The van der Waals surface area contributed by atoms with Gasteiger partial charge in [0.1, 0.15) is 13.7 Å². The van der Waals surface area contributed by atoms with Gasteiger partial charge in [0.25, 0.3) is 0 Å². The van der Waals surface area contributed by atoms with Crippen LogP contribution < -0.4 is 10.8 Å². The lowest BCUT2D eigenvalue weighted by Crippen LogP contribution is -2.17. The predicted molar refractivity (Wildman–Crippen MR) is 112 cm³/mol.